The minimum Gasteiger partial charge on any atom is -0.374 e. The Labute approximate surface area is 115 Å². The van der Waals surface area contributed by atoms with E-state index in [2.05, 4.69) is 46.9 Å². The standard InChI is InChI=1S/C16H35NO/c1-7-10-11-14(8-2)12-15(17-9-3)13-18-16(4,5)6/h14-15,17H,7-13H2,1-6H3. The van der Waals surface area contributed by atoms with Crippen LogP contribution < -0.4 is 5.32 Å². The molecule has 0 saturated heterocycles. The van der Waals surface area contributed by atoms with E-state index >= 15 is 0 Å². The van der Waals surface area contributed by atoms with Gasteiger partial charge in [0.1, 0.15) is 0 Å². The SMILES string of the molecule is CCCCC(CC)CC(COC(C)(C)C)NCC. The van der Waals surface area contributed by atoms with Gasteiger partial charge in [0, 0.05) is 6.04 Å². The number of rotatable bonds is 10. The van der Waals surface area contributed by atoms with E-state index in [1.54, 1.807) is 0 Å². The van der Waals surface area contributed by atoms with Gasteiger partial charge in [-0.2, -0.15) is 0 Å². The van der Waals surface area contributed by atoms with Crippen LogP contribution in [0.25, 0.3) is 0 Å². The van der Waals surface area contributed by atoms with Gasteiger partial charge >= 0.3 is 0 Å². The second kappa shape index (κ2) is 9.80. The summed E-state index contributed by atoms with van der Waals surface area (Å²) < 4.78 is 5.93. The molecule has 0 aromatic carbocycles. The van der Waals surface area contributed by atoms with E-state index in [0.717, 1.165) is 19.1 Å². The lowest BCUT2D eigenvalue weighted by Gasteiger charge is -2.27. The summed E-state index contributed by atoms with van der Waals surface area (Å²) in [7, 11) is 0. The molecular formula is C16H35NO. The van der Waals surface area contributed by atoms with E-state index in [1.165, 1.54) is 32.1 Å². The summed E-state index contributed by atoms with van der Waals surface area (Å²) in [6.07, 6.45) is 6.57. The lowest BCUT2D eigenvalue weighted by Crippen LogP contribution is -2.38. The Morgan fingerprint density at radius 2 is 1.78 bits per heavy atom. The minimum atomic E-state index is -0.0290. The Bertz CT molecular complexity index is 186. The molecule has 0 spiro atoms. The van der Waals surface area contributed by atoms with Crippen LogP contribution in [0.5, 0.6) is 0 Å². The molecule has 0 rings (SSSR count). The number of unbranched alkanes of at least 4 members (excludes halogenated alkanes) is 1. The van der Waals surface area contributed by atoms with Crippen molar-refractivity contribution >= 4 is 0 Å². The molecular weight excluding hydrogens is 222 g/mol. The van der Waals surface area contributed by atoms with Crippen molar-refractivity contribution in [2.24, 2.45) is 5.92 Å². The fourth-order valence-corrected chi connectivity index (χ4v) is 2.23. The van der Waals surface area contributed by atoms with E-state index in [1.807, 2.05) is 0 Å². The van der Waals surface area contributed by atoms with E-state index in [-0.39, 0.29) is 5.60 Å². The molecule has 2 atom stereocenters. The van der Waals surface area contributed by atoms with Crippen molar-refractivity contribution in [3.63, 3.8) is 0 Å². The predicted molar refractivity (Wildman–Crippen MR) is 81.1 cm³/mol. The Kier molecular flexibility index (Phi) is 9.76. The zero-order valence-electron chi connectivity index (χ0n) is 13.5. The van der Waals surface area contributed by atoms with Gasteiger partial charge < -0.3 is 10.1 Å². The number of hydrogen-bond acceptors (Lipinski definition) is 2. The lowest BCUT2D eigenvalue weighted by molar-refractivity contribution is -0.0173. The largest absolute Gasteiger partial charge is 0.374 e. The molecule has 0 radical (unpaired) electrons. The first-order valence-electron chi connectivity index (χ1n) is 7.80. The molecule has 0 aliphatic carbocycles. The summed E-state index contributed by atoms with van der Waals surface area (Å²) in [6.45, 7) is 15.0. The molecule has 110 valence electrons. The topological polar surface area (TPSA) is 21.3 Å². The fourth-order valence-electron chi connectivity index (χ4n) is 2.23. The smallest absolute Gasteiger partial charge is 0.0626 e. The van der Waals surface area contributed by atoms with Crippen LogP contribution in [0.1, 0.15) is 73.6 Å². The highest BCUT2D eigenvalue weighted by molar-refractivity contribution is 4.73. The molecule has 2 heteroatoms. The van der Waals surface area contributed by atoms with Crippen molar-refractivity contribution in [3.8, 4) is 0 Å². The molecule has 0 fully saturated rings. The lowest BCUT2D eigenvalue weighted by atomic mass is 9.92. The first-order chi connectivity index (χ1) is 8.42. The van der Waals surface area contributed by atoms with Crippen LogP contribution in [-0.4, -0.2) is 24.8 Å². The molecule has 2 unspecified atom stereocenters. The maximum atomic E-state index is 5.93. The summed E-state index contributed by atoms with van der Waals surface area (Å²) >= 11 is 0. The Morgan fingerprint density at radius 1 is 1.11 bits per heavy atom. The van der Waals surface area contributed by atoms with Crippen molar-refractivity contribution in [1.82, 2.24) is 5.32 Å². The van der Waals surface area contributed by atoms with Gasteiger partial charge in [-0.05, 0) is 39.7 Å². The van der Waals surface area contributed by atoms with Gasteiger partial charge in [0.25, 0.3) is 0 Å². The predicted octanol–water partition coefficient (Wildman–Crippen LogP) is 4.39. The van der Waals surface area contributed by atoms with Crippen LogP contribution in [0.3, 0.4) is 0 Å². The molecule has 0 saturated carbocycles. The van der Waals surface area contributed by atoms with Crippen molar-refractivity contribution in [2.75, 3.05) is 13.2 Å². The second-order valence-electron chi connectivity index (χ2n) is 6.33. The summed E-state index contributed by atoms with van der Waals surface area (Å²) in [4.78, 5) is 0. The molecule has 1 N–H and O–H groups in total. The van der Waals surface area contributed by atoms with Gasteiger partial charge in [0.05, 0.1) is 12.2 Å². The minimum absolute atomic E-state index is 0.0290. The highest BCUT2D eigenvalue weighted by Crippen LogP contribution is 2.19. The van der Waals surface area contributed by atoms with E-state index in [0.29, 0.717) is 6.04 Å². The van der Waals surface area contributed by atoms with Crippen LogP contribution in [-0.2, 0) is 4.74 Å². The Morgan fingerprint density at radius 3 is 2.22 bits per heavy atom. The number of hydrogen-bond donors (Lipinski definition) is 1. The van der Waals surface area contributed by atoms with Crippen LogP contribution in [0.4, 0.5) is 0 Å². The van der Waals surface area contributed by atoms with Crippen molar-refractivity contribution in [1.29, 1.82) is 0 Å². The van der Waals surface area contributed by atoms with Crippen LogP contribution in [0.2, 0.25) is 0 Å². The van der Waals surface area contributed by atoms with E-state index < -0.39 is 0 Å². The molecule has 0 aromatic rings. The molecule has 0 aliphatic heterocycles. The monoisotopic (exact) mass is 257 g/mol. The van der Waals surface area contributed by atoms with Gasteiger partial charge in [-0.25, -0.2) is 0 Å². The second-order valence-corrected chi connectivity index (χ2v) is 6.33. The zero-order chi connectivity index (χ0) is 14.0. The van der Waals surface area contributed by atoms with Crippen molar-refractivity contribution in [3.05, 3.63) is 0 Å². The Hall–Kier alpha value is -0.0800. The van der Waals surface area contributed by atoms with E-state index in [4.69, 9.17) is 4.74 Å². The number of ether oxygens (including phenoxy) is 1. The average Bonchev–Trinajstić information content (AvgIpc) is 2.30. The molecule has 0 amide bonds. The fraction of sp³-hybridized carbons (Fsp3) is 1.00. The zero-order valence-corrected chi connectivity index (χ0v) is 13.5. The van der Waals surface area contributed by atoms with Gasteiger partial charge in [0.2, 0.25) is 0 Å². The van der Waals surface area contributed by atoms with E-state index in [9.17, 15) is 0 Å². The average molecular weight is 257 g/mol. The third-order valence-electron chi connectivity index (χ3n) is 3.37. The van der Waals surface area contributed by atoms with Crippen molar-refractivity contribution < 1.29 is 4.74 Å². The number of nitrogens with one attached hydrogen (secondary N) is 1. The van der Waals surface area contributed by atoms with Gasteiger partial charge in [-0.3, -0.25) is 0 Å². The van der Waals surface area contributed by atoms with Crippen LogP contribution in [0.15, 0.2) is 0 Å². The molecule has 2 nitrogen and oxygen atoms in total. The Balaban J connectivity index is 4.13. The molecule has 0 aliphatic rings. The maximum absolute atomic E-state index is 5.93. The quantitative estimate of drug-likeness (QED) is 0.627. The molecule has 0 heterocycles. The summed E-state index contributed by atoms with van der Waals surface area (Å²) in [6, 6.07) is 0.510. The van der Waals surface area contributed by atoms with Crippen molar-refractivity contribution in [2.45, 2.75) is 85.3 Å². The summed E-state index contributed by atoms with van der Waals surface area (Å²) in [5.74, 6) is 0.845. The summed E-state index contributed by atoms with van der Waals surface area (Å²) in [5, 5.41) is 3.57. The first-order valence-corrected chi connectivity index (χ1v) is 7.80. The van der Waals surface area contributed by atoms with Crippen LogP contribution in [0, 0.1) is 5.92 Å². The van der Waals surface area contributed by atoms with Crippen LogP contribution >= 0.6 is 0 Å². The van der Waals surface area contributed by atoms with Gasteiger partial charge in [-0.15, -0.1) is 0 Å². The highest BCUT2D eigenvalue weighted by Gasteiger charge is 2.18. The van der Waals surface area contributed by atoms with Gasteiger partial charge in [-0.1, -0.05) is 46.5 Å². The number of likely N-dealkylation sites (N-methyl/N-ethyl adjacent to an activating group) is 1. The van der Waals surface area contributed by atoms with Gasteiger partial charge in [0.15, 0.2) is 0 Å². The highest BCUT2D eigenvalue weighted by atomic mass is 16.5. The molecule has 0 aromatic heterocycles. The third-order valence-corrected chi connectivity index (χ3v) is 3.37. The first kappa shape index (κ1) is 17.9. The summed E-state index contributed by atoms with van der Waals surface area (Å²) in [5.41, 5.74) is -0.0290. The third kappa shape index (κ3) is 9.90. The normalized spacial score (nSPS) is 15.7. The molecule has 0 bridgehead atoms. The molecule has 18 heavy (non-hydrogen) atoms. The maximum Gasteiger partial charge on any atom is 0.0626 e.